The number of urea groups is 1. The molecule has 40 heavy (non-hydrogen) atoms. The number of carbonyl (C=O) groups excluding carboxylic acids is 2. The molecular weight excluding hydrogens is 523 g/mol. The van der Waals surface area contributed by atoms with Crippen LogP contribution in [0.5, 0.6) is 0 Å². The minimum Gasteiger partial charge on any atom is -0.322 e. The van der Waals surface area contributed by atoms with Crippen LogP contribution < -0.4 is 16.0 Å². The molecule has 0 radical (unpaired) electrons. The van der Waals surface area contributed by atoms with E-state index < -0.39 is 17.8 Å². The van der Waals surface area contributed by atoms with Gasteiger partial charge in [0.1, 0.15) is 0 Å². The van der Waals surface area contributed by atoms with Gasteiger partial charge in [0, 0.05) is 22.5 Å². The highest BCUT2D eigenvalue weighted by molar-refractivity contribution is 6.04. The predicted molar refractivity (Wildman–Crippen MR) is 144 cm³/mol. The van der Waals surface area contributed by atoms with Gasteiger partial charge in [-0.1, -0.05) is 42.5 Å². The smallest absolute Gasteiger partial charge is 0.322 e. The molecule has 4 aromatic carbocycles. The van der Waals surface area contributed by atoms with E-state index in [1.54, 1.807) is 54.6 Å². The van der Waals surface area contributed by atoms with E-state index in [9.17, 15) is 22.8 Å². The van der Waals surface area contributed by atoms with E-state index in [1.807, 2.05) is 18.2 Å². The number of nitrogens with one attached hydrogen (secondary N) is 4. The normalized spacial score (nSPS) is 11.1. The second kappa shape index (κ2) is 11.1. The van der Waals surface area contributed by atoms with Gasteiger partial charge in [0.15, 0.2) is 5.82 Å². The SMILES string of the molecule is O=C(Nc1cccc(C(F)(F)F)c1)Nc1ccc(-c2ccc(NC(=O)c3ccccc3)cc2)cc1-c1nnn[nH]1. The summed E-state index contributed by atoms with van der Waals surface area (Å²) < 4.78 is 39.1. The van der Waals surface area contributed by atoms with Gasteiger partial charge >= 0.3 is 12.2 Å². The lowest BCUT2D eigenvalue weighted by molar-refractivity contribution is -0.137. The van der Waals surface area contributed by atoms with Crippen LogP contribution in [-0.4, -0.2) is 32.6 Å². The number of tetrazole rings is 1. The van der Waals surface area contributed by atoms with Crippen molar-refractivity contribution in [1.82, 2.24) is 20.6 Å². The van der Waals surface area contributed by atoms with Gasteiger partial charge in [0.05, 0.1) is 11.3 Å². The molecular formula is C28H20F3N7O2. The van der Waals surface area contributed by atoms with E-state index in [0.717, 1.165) is 23.3 Å². The van der Waals surface area contributed by atoms with E-state index in [0.29, 0.717) is 22.5 Å². The third kappa shape index (κ3) is 6.13. The second-order valence-electron chi connectivity index (χ2n) is 8.57. The number of nitrogens with zero attached hydrogens (tertiary/aromatic N) is 3. The van der Waals surface area contributed by atoms with Crippen LogP contribution in [0.4, 0.5) is 35.0 Å². The molecule has 0 bridgehead atoms. The standard InChI is InChI=1S/C28H20F3N7O2/c29-28(30,31)20-7-4-8-22(16-20)33-27(40)34-24-14-11-19(15-23(24)25-35-37-38-36-25)17-9-12-21(13-10-17)32-26(39)18-5-2-1-3-6-18/h1-16H,(H,32,39)(H2,33,34,40)(H,35,36,37,38). The Bertz CT molecular complexity index is 1640. The number of carbonyl (C=O) groups is 2. The first-order chi connectivity index (χ1) is 19.3. The molecule has 0 saturated carbocycles. The molecule has 0 unspecified atom stereocenters. The van der Waals surface area contributed by atoms with Gasteiger partial charge in [-0.25, -0.2) is 9.89 Å². The highest BCUT2D eigenvalue weighted by Crippen LogP contribution is 2.33. The Kier molecular flexibility index (Phi) is 7.22. The van der Waals surface area contributed by atoms with Crippen LogP contribution in [0.25, 0.3) is 22.5 Å². The Morgan fingerprint density at radius 1 is 0.725 bits per heavy atom. The number of rotatable bonds is 6. The minimum atomic E-state index is -4.54. The maximum Gasteiger partial charge on any atom is 0.416 e. The van der Waals surface area contributed by atoms with Crippen molar-refractivity contribution in [3.05, 3.63) is 108 Å². The van der Waals surface area contributed by atoms with E-state index in [-0.39, 0.29) is 17.4 Å². The number of halogens is 3. The van der Waals surface area contributed by atoms with Gasteiger partial charge in [0.2, 0.25) is 0 Å². The topological polar surface area (TPSA) is 125 Å². The minimum absolute atomic E-state index is 0.0220. The van der Waals surface area contributed by atoms with Crippen molar-refractivity contribution < 1.29 is 22.8 Å². The van der Waals surface area contributed by atoms with Gasteiger partial charge in [-0.15, -0.1) is 5.10 Å². The molecule has 12 heteroatoms. The first-order valence-electron chi connectivity index (χ1n) is 11.9. The lowest BCUT2D eigenvalue weighted by Gasteiger charge is -2.14. The summed E-state index contributed by atoms with van der Waals surface area (Å²) in [7, 11) is 0. The maximum atomic E-state index is 13.0. The summed E-state index contributed by atoms with van der Waals surface area (Å²) in [5.74, 6) is 0.0373. The average Bonchev–Trinajstić information content (AvgIpc) is 3.49. The summed E-state index contributed by atoms with van der Waals surface area (Å²) in [5, 5.41) is 21.6. The Morgan fingerprint density at radius 3 is 2.17 bits per heavy atom. The largest absolute Gasteiger partial charge is 0.416 e. The molecule has 5 aromatic rings. The van der Waals surface area contributed by atoms with Gasteiger partial charge in [-0.3, -0.25) is 4.79 Å². The van der Waals surface area contributed by atoms with Crippen molar-refractivity contribution >= 4 is 29.0 Å². The van der Waals surface area contributed by atoms with E-state index in [2.05, 4.69) is 36.6 Å². The highest BCUT2D eigenvalue weighted by Gasteiger charge is 2.30. The Labute approximate surface area is 225 Å². The van der Waals surface area contributed by atoms with Crippen LogP contribution in [0.2, 0.25) is 0 Å². The number of alkyl halides is 3. The molecule has 0 atom stereocenters. The molecule has 5 rings (SSSR count). The van der Waals surface area contributed by atoms with Gasteiger partial charge < -0.3 is 16.0 Å². The van der Waals surface area contributed by atoms with Gasteiger partial charge in [-0.2, -0.15) is 13.2 Å². The summed E-state index contributed by atoms with van der Waals surface area (Å²) >= 11 is 0. The van der Waals surface area contributed by atoms with Crippen LogP contribution >= 0.6 is 0 Å². The van der Waals surface area contributed by atoms with Crippen molar-refractivity contribution in [3.8, 4) is 22.5 Å². The fourth-order valence-corrected chi connectivity index (χ4v) is 3.90. The summed E-state index contributed by atoms with van der Waals surface area (Å²) in [4.78, 5) is 25.1. The zero-order valence-corrected chi connectivity index (χ0v) is 20.5. The third-order valence-corrected chi connectivity index (χ3v) is 5.83. The molecule has 3 amide bonds. The molecule has 0 spiro atoms. The molecule has 9 nitrogen and oxygen atoms in total. The first-order valence-corrected chi connectivity index (χ1v) is 11.9. The number of amides is 3. The summed E-state index contributed by atoms with van der Waals surface area (Å²) in [6, 6.07) is 24.7. The number of aromatic amines is 1. The lowest BCUT2D eigenvalue weighted by Crippen LogP contribution is -2.20. The van der Waals surface area contributed by atoms with Gasteiger partial charge in [0.25, 0.3) is 5.91 Å². The van der Waals surface area contributed by atoms with Crippen LogP contribution in [0.1, 0.15) is 15.9 Å². The monoisotopic (exact) mass is 543 g/mol. The summed E-state index contributed by atoms with van der Waals surface area (Å²) in [6.45, 7) is 0. The maximum absolute atomic E-state index is 13.0. The molecule has 200 valence electrons. The molecule has 0 saturated heterocycles. The highest BCUT2D eigenvalue weighted by atomic mass is 19.4. The van der Waals surface area contributed by atoms with Crippen LogP contribution in [-0.2, 0) is 6.18 Å². The zero-order valence-electron chi connectivity index (χ0n) is 20.5. The van der Waals surface area contributed by atoms with E-state index in [4.69, 9.17) is 0 Å². The molecule has 4 N–H and O–H groups in total. The average molecular weight is 544 g/mol. The Balaban J connectivity index is 1.34. The van der Waals surface area contributed by atoms with Crippen molar-refractivity contribution in [2.75, 3.05) is 16.0 Å². The third-order valence-electron chi connectivity index (χ3n) is 5.83. The number of benzene rings is 4. The van der Waals surface area contributed by atoms with E-state index >= 15 is 0 Å². The lowest BCUT2D eigenvalue weighted by atomic mass is 10.0. The number of aromatic nitrogens is 4. The van der Waals surface area contributed by atoms with Crippen molar-refractivity contribution in [2.45, 2.75) is 6.18 Å². The zero-order chi connectivity index (χ0) is 28.1. The Hall–Kier alpha value is -5.52. The first kappa shape index (κ1) is 26.1. The summed E-state index contributed by atoms with van der Waals surface area (Å²) in [6.07, 6.45) is -4.54. The van der Waals surface area contributed by atoms with Crippen LogP contribution in [0.3, 0.4) is 0 Å². The van der Waals surface area contributed by atoms with Crippen molar-refractivity contribution in [3.63, 3.8) is 0 Å². The Morgan fingerprint density at radius 2 is 1.48 bits per heavy atom. The molecule has 1 aromatic heterocycles. The van der Waals surface area contributed by atoms with Crippen LogP contribution in [0.15, 0.2) is 97.1 Å². The van der Waals surface area contributed by atoms with Gasteiger partial charge in [-0.05, 0) is 76.2 Å². The molecule has 1 heterocycles. The number of anilines is 3. The fraction of sp³-hybridized carbons (Fsp3) is 0.0357. The predicted octanol–water partition coefficient (Wildman–Crippen LogP) is 6.45. The van der Waals surface area contributed by atoms with E-state index in [1.165, 1.54) is 12.1 Å². The van der Waals surface area contributed by atoms with Crippen molar-refractivity contribution in [1.29, 1.82) is 0 Å². The molecule has 0 fully saturated rings. The molecule has 0 aliphatic carbocycles. The second-order valence-corrected chi connectivity index (χ2v) is 8.57. The quantitative estimate of drug-likeness (QED) is 0.196. The number of H-pyrrole nitrogens is 1. The number of hydrogen-bond acceptors (Lipinski definition) is 5. The van der Waals surface area contributed by atoms with Crippen LogP contribution in [0, 0.1) is 0 Å². The fourth-order valence-electron chi connectivity index (χ4n) is 3.90. The number of hydrogen-bond donors (Lipinski definition) is 4. The van der Waals surface area contributed by atoms with Crippen molar-refractivity contribution in [2.24, 2.45) is 0 Å². The summed E-state index contributed by atoms with van der Waals surface area (Å²) in [5.41, 5.74) is 2.59. The molecule has 0 aliphatic heterocycles. The molecule has 0 aliphatic rings.